The quantitative estimate of drug-likeness (QED) is 0.329. The summed E-state index contributed by atoms with van der Waals surface area (Å²) in [4.78, 5) is 10.1. The van der Waals surface area contributed by atoms with E-state index in [-0.39, 0.29) is 13.2 Å². The molecule has 0 saturated carbocycles. The topological polar surface area (TPSA) is 75.6 Å². The Bertz CT molecular complexity index is 121. The van der Waals surface area contributed by atoms with Crippen molar-refractivity contribution >= 4 is 17.2 Å². The number of rotatable bonds is 4. The Morgan fingerprint density at radius 3 is 2.80 bits per heavy atom. The first-order chi connectivity index (χ1) is 4.63. The Morgan fingerprint density at radius 2 is 2.40 bits per heavy atom. The molecule has 1 atom stereocenters. The van der Waals surface area contributed by atoms with Crippen molar-refractivity contribution < 1.29 is 18.3 Å². The van der Waals surface area contributed by atoms with Gasteiger partial charge >= 0.3 is 5.97 Å². The van der Waals surface area contributed by atoms with Crippen molar-refractivity contribution in [3.8, 4) is 0 Å². The molecule has 0 amide bonds. The van der Waals surface area contributed by atoms with Crippen LogP contribution in [0.15, 0.2) is 0 Å². The molecule has 6 heteroatoms. The molecule has 5 nitrogen and oxygen atoms in total. The van der Waals surface area contributed by atoms with Crippen LogP contribution in [0.4, 0.5) is 0 Å². The lowest BCUT2D eigenvalue weighted by Gasteiger charge is -1.99. The lowest BCUT2D eigenvalue weighted by Crippen LogP contribution is -2.22. The molecule has 0 aromatic rings. The first-order valence-corrected chi connectivity index (χ1v) is 3.71. The molecular formula is C4H9NO4S. The van der Waals surface area contributed by atoms with Crippen molar-refractivity contribution in [3.05, 3.63) is 0 Å². The molecule has 10 heavy (non-hydrogen) atoms. The number of carbonyl (C=O) groups excluding carboxylic acids is 1. The minimum absolute atomic E-state index is 0.113. The summed E-state index contributed by atoms with van der Waals surface area (Å²) in [5.41, 5.74) is 0. The smallest absolute Gasteiger partial charge is 0.302 e. The molecule has 0 rings (SSSR count). The highest BCUT2D eigenvalue weighted by molar-refractivity contribution is 7.77. The molecule has 0 aliphatic rings. The summed E-state index contributed by atoms with van der Waals surface area (Å²) >= 11 is -2.02. The standard InChI is InChI=1S/C4H9NO4S/c1-4(6)9-3-2-5-10(7)8/h5H,2-3H2,1H3,(H,7,8). The molecule has 0 aliphatic carbocycles. The normalized spacial score (nSPS) is 12.6. The van der Waals surface area contributed by atoms with Crippen LogP contribution in [0.3, 0.4) is 0 Å². The number of ether oxygens (including phenoxy) is 1. The summed E-state index contributed by atoms with van der Waals surface area (Å²) in [6, 6.07) is 0. The van der Waals surface area contributed by atoms with Gasteiger partial charge in [-0.15, -0.1) is 0 Å². The van der Waals surface area contributed by atoms with E-state index in [4.69, 9.17) is 4.55 Å². The van der Waals surface area contributed by atoms with E-state index in [0.29, 0.717) is 0 Å². The average molecular weight is 167 g/mol. The molecule has 0 spiro atoms. The molecule has 60 valence electrons. The average Bonchev–Trinajstić information content (AvgIpc) is 1.79. The van der Waals surface area contributed by atoms with Crippen LogP contribution < -0.4 is 4.72 Å². The van der Waals surface area contributed by atoms with Crippen molar-refractivity contribution in [2.45, 2.75) is 6.92 Å². The summed E-state index contributed by atoms with van der Waals surface area (Å²) in [6.45, 7) is 1.57. The van der Waals surface area contributed by atoms with Gasteiger partial charge in [0.1, 0.15) is 6.61 Å². The van der Waals surface area contributed by atoms with Crippen LogP contribution in [-0.2, 0) is 20.8 Å². The molecule has 0 aliphatic heterocycles. The van der Waals surface area contributed by atoms with Crippen molar-refractivity contribution in [2.24, 2.45) is 0 Å². The maximum Gasteiger partial charge on any atom is 0.302 e. The third kappa shape index (κ3) is 7.54. The van der Waals surface area contributed by atoms with Crippen LogP contribution in [0, 0.1) is 0 Å². The van der Waals surface area contributed by atoms with Gasteiger partial charge in [0.2, 0.25) is 11.3 Å². The summed E-state index contributed by atoms with van der Waals surface area (Å²) in [5.74, 6) is -0.398. The summed E-state index contributed by atoms with van der Waals surface area (Å²) in [5, 5.41) is 0. The maximum absolute atomic E-state index is 10.1. The fraction of sp³-hybridized carbons (Fsp3) is 0.750. The highest BCUT2D eigenvalue weighted by atomic mass is 32.2. The summed E-state index contributed by atoms with van der Waals surface area (Å²) < 4.78 is 24.6. The second-order valence-corrected chi connectivity index (χ2v) is 2.27. The lowest BCUT2D eigenvalue weighted by atomic mass is 10.7. The molecule has 0 aromatic heterocycles. The van der Waals surface area contributed by atoms with Gasteiger partial charge in [-0.3, -0.25) is 9.35 Å². The molecule has 0 fully saturated rings. The van der Waals surface area contributed by atoms with E-state index >= 15 is 0 Å². The zero-order chi connectivity index (χ0) is 7.98. The zero-order valence-electron chi connectivity index (χ0n) is 5.49. The largest absolute Gasteiger partial charge is 0.464 e. The van der Waals surface area contributed by atoms with Crippen LogP contribution in [0.5, 0.6) is 0 Å². The Kier molecular flexibility index (Phi) is 5.09. The molecule has 0 saturated heterocycles. The summed E-state index contributed by atoms with van der Waals surface area (Å²) in [6.07, 6.45) is 0. The number of esters is 1. The predicted molar refractivity (Wildman–Crippen MR) is 35.4 cm³/mol. The van der Waals surface area contributed by atoms with Gasteiger partial charge in [-0.05, 0) is 0 Å². The van der Waals surface area contributed by atoms with Gasteiger partial charge in [0.25, 0.3) is 0 Å². The fourth-order valence-corrected chi connectivity index (χ4v) is 0.582. The zero-order valence-corrected chi connectivity index (χ0v) is 6.31. The van der Waals surface area contributed by atoms with Gasteiger partial charge in [-0.25, -0.2) is 8.93 Å². The van der Waals surface area contributed by atoms with E-state index in [0.717, 1.165) is 0 Å². The summed E-state index contributed by atoms with van der Waals surface area (Å²) in [7, 11) is 0. The predicted octanol–water partition coefficient (Wildman–Crippen LogP) is -0.724. The monoisotopic (exact) mass is 167 g/mol. The van der Waals surface area contributed by atoms with Crippen LogP contribution in [0.1, 0.15) is 6.92 Å². The minimum atomic E-state index is -2.02. The third-order valence-corrected chi connectivity index (χ3v) is 1.08. The second-order valence-electron chi connectivity index (χ2n) is 1.48. The lowest BCUT2D eigenvalue weighted by molar-refractivity contribution is -0.140. The first-order valence-electron chi connectivity index (χ1n) is 2.60. The van der Waals surface area contributed by atoms with Gasteiger partial charge in [-0.2, -0.15) is 0 Å². The minimum Gasteiger partial charge on any atom is -0.464 e. The van der Waals surface area contributed by atoms with E-state index in [2.05, 4.69) is 9.46 Å². The van der Waals surface area contributed by atoms with Crippen LogP contribution in [0.25, 0.3) is 0 Å². The number of nitrogens with one attached hydrogen (secondary N) is 1. The molecule has 2 N–H and O–H groups in total. The number of hydrogen-bond acceptors (Lipinski definition) is 3. The van der Waals surface area contributed by atoms with E-state index in [1.54, 1.807) is 0 Å². The molecule has 0 radical (unpaired) electrons. The van der Waals surface area contributed by atoms with Gasteiger partial charge in [0.05, 0.1) is 0 Å². The van der Waals surface area contributed by atoms with E-state index < -0.39 is 17.2 Å². The van der Waals surface area contributed by atoms with Crippen LogP contribution in [0.2, 0.25) is 0 Å². The van der Waals surface area contributed by atoms with Crippen molar-refractivity contribution in [1.29, 1.82) is 0 Å². The van der Waals surface area contributed by atoms with Crippen LogP contribution >= 0.6 is 0 Å². The van der Waals surface area contributed by atoms with Crippen molar-refractivity contribution in [1.82, 2.24) is 4.72 Å². The van der Waals surface area contributed by atoms with Crippen molar-refractivity contribution in [3.63, 3.8) is 0 Å². The Balaban J connectivity index is 3.06. The molecule has 0 heterocycles. The highest BCUT2D eigenvalue weighted by Gasteiger charge is 1.93. The molecule has 1 unspecified atom stereocenters. The highest BCUT2D eigenvalue weighted by Crippen LogP contribution is 1.73. The first kappa shape index (κ1) is 9.54. The maximum atomic E-state index is 10.1. The van der Waals surface area contributed by atoms with Crippen LogP contribution in [-0.4, -0.2) is 27.9 Å². The van der Waals surface area contributed by atoms with Gasteiger partial charge in [0, 0.05) is 13.5 Å². The van der Waals surface area contributed by atoms with Gasteiger partial charge < -0.3 is 4.74 Å². The SMILES string of the molecule is CC(=O)OCCNS(=O)O. The number of hydrogen-bond donors (Lipinski definition) is 2. The molecule has 0 bridgehead atoms. The molecular weight excluding hydrogens is 158 g/mol. The fourth-order valence-electron chi connectivity index (χ4n) is 0.324. The number of carbonyl (C=O) groups is 1. The Labute approximate surface area is 61.2 Å². The second kappa shape index (κ2) is 5.33. The van der Waals surface area contributed by atoms with E-state index in [1.807, 2.05) is 0 Å². The van der Waals surface area contributed by atoms with E-state index in [1.165, 1.54) is 6.92 Å². The van der Waals surface area contributed by atoms with Gasteiger partial charge in [-0.1, -0.05) is 0 Å². The third-order valence-electron chi connectivity index (χ3n) is 0.633. The Hall–Kier alpha value is -0.460. The van der Waals surface area contributed by atoms with E-state index in [9.17, 15) is 9.00 Å². The Morgan fingerprint density at radius 1 is 1.80 bits per heavy atom. The van der Waals surface area contributed by atoms with Gasteiger partial charge in [0.15, 0.2) is 0 Å². The molecule has 0 aromatic carbocycles. The van der Waals surface area contributed by atoms with Crippen molar-refractivity contribution in [2.75, 3.05) is 13.2 Å².